The summed E-state index contributed by atoms with van der Waals surface area (Å²) in [4.78, 5) is 26.5. The first-order valence-electron chi connectivity index (χ1n) is 9.23. The van der Waals surface area contributed by atoms with Crippen LogP contribution < -0.4 is 10.6 Å². The third kappa shape index (κ3) is 5.76. The van der Waals surface area contributed by atoms with Crippen molar-refractivity contribution in [3.05, 3.63) is 64.4 Å². The van der Waals surface area contributed by atoms with Gasteiger partial charge in [0.2, 0.25) is 5.91 Å². The molecule has 1 saturated heterocycles. The Hall–Kier alpha value is -2.95. The van der Waals surface area contributed by atoms with Crippen LogP contribution >= 0.6 is 11.6 Å². The smallest absolute Gasteiger partial charge is 0.251 e. The first-order valence-corrected chi connectivity index (χ1v) is 9.60. The Balaban J connectivity index is 1.44. The Bertz CT molecular complexity index is 935. The molecule has 2 aromatic rings. The lowest BCUT2D eigenvalue weighted by Crippen LogP contribution is -2.46. The minimum atomic E-state index is -0.378. The first kappa shape index (κ1) is 20.8. The van der Waals surface area contributed by atoms with Crippen molar-refractivity contribution in [2.24, 2.45) is 0 Å². The summed E-state index contributed by atoms with van der Waals surface area (Å²) in [7, 11) is 0. The Kier molecular flexibility index (Phi) is 6.81. The van der Waals surface area contributed by atoms with E-state index in [1.807, 2.05) is 11.0 Å². The van der Waals surface area contributed by atoms with Gasteiger partial charge in [-0.2, -0.15) is 5.26 Å². The molecule has 2 N–H and O–H groups in total. The fourth-order valence-corrected chi connectivity index (χ4v) is 3.42. The summed E-state index contributed by atoms with van der Waals surface area (Å²) in [5.41, 5.74) is 1.32. The predicted molar refractivity (Wildman–Crippen MR) is 108 cm³/mol. The lowest BCUT2D eigenvalue weighted by molar-refractivity contribution is -0.117. The predicted octanol–water partition coefficient (Wildman–Crippen LogP) is 3.18. The second-order valence-electron chi connectivity index (χ2n) is 6.89. The molecule has 1 aliphatic rings. The molecule has 0 aromatic heterocycles. The maximum Gasteiger partial charge on any atom is 0.251 e. The van der Waals surface area contributed by atoms with Gasteiger partial charge in [-0.3, -0.25) is 14.5 Å². The van der Waals surface area contributed by atoms with Gasteiger partial charge in [0.25, 0.3) is 5.91 Å². The summed E-state index contributed by atoms with van der Waals surface area (Å²) < 4.78 is 13.0. The Labute approximate surface area is 173 Å². The molecule has 0 aliphatic carbocycles. The number of hydrogen-bond acceptors (Lipinski definition) is 4. The van der Waals surface area contributed by atoms with E-state index < -0.39 is 0 Å². The van der Waals surface area contributed by atoms with Crippen LogP contribution in [-0.2, 0) is 4.79 Å². The van der Waals surface area contributed by atoms with E-state index in [-0.39, 0.29) is 30.2 Å². The number of amides is 2. The molecular formula is C21H20ClFN4O2. The van der Waals surface area contributed by atoms with Crippen molar-refractivity contribution in [2.75, 3.05) is 25.0 Å². The molecule has 0 unspecified atom stereocenters. The van der Waals surface area contributed by atoms with Crippen molar-refractivity contribution >= 4 is 29.1 Å². The van der Waals surface area contributed by atoms with Crippen molar-refractivity contribution in [2.45, 2.75) is 18.9 Å². The molecule has 29 heavy (non-hydrogen) atoms. The van der Waals surface area contributed by atoms with Gasteiger partial charge in [0.1, 0.15) is 11.9 Å². The molecular weight excluding hydrogens is 395 g/mol. The van der Waals surface area contributed by atoms with Crippen molar-refractivity contribution in [1.29, 1.82) is 5.26 Å². The summed E-state index contributed by atoms with van der Waals surface area (Å²) in [5.74, 6) is -0.769. The zero-order valence-corrected chi connectivity index (χ0v) is 16.4. The summed E-state index contributed by atoms with van der Waals surface area (Å²) in [6, 6.07) is 12.2. The SMILES string of the molecule is N#Cc1ccc(NC(=O)CN2CCC(NC(=O)c3ccc(F)cc3)CC2)cc1Cl. The fourth-order valence-electron chi connectivity index (χ4n) is 3.19. The number of piperidine rings is 1. The van der Waals surface area contributed by atoms with Gasteiger partial charge >= 0.3 is 0 Å². The zero-order chi connectivity index (χ0) is 20.8. The Morgan fingerprint density at radius 1 is 1.17 bits per heavy atom. The second-order valence-corrected chi connectivity index (χ2v) is 7.29. The van der Waals surface area contributed by atoms with Crippen molar-refractivity contribution < 1.29 is 14.0 Å². The number of hydrogen-bond donors (Lipinski definition) is 2. The highest BCUT2D eigenvalue weighted by atomic mass is 35.5. The maximum atomic E-state index is 13.0. The Morgan fingerprint density at radius 2 is 1.86 bits per heavy atom. The summed E-state index contributed by atoms with van der Waals surface area (Å²) in [6.07, 6.45) is 1.45. The number of benzene rings is 2. The summed E-state index contributed by atoms with van der Waals surface area (Å²) >= 11 is 5.98. The summed E-state index contributed by atoms with van der Waals surface area (Å²) in [5, 5.41) is 14.9. The van der Waals surface area contributed by atoms with Gasteiger partial charge in [-0.15, -0.1) is 0 Å². The van der Waals surface area contributed by atoms with E-state index >= 15 is 0 Å². The van der Waals surface area contributed by atoms with E-state index in [9.17, 15) is 14.0 Å². The van der Waals surface area contributed by atoms with E-state index in [4.69, 9.17) is 16.9 Å². The fraction of sp³-hybridized carbons (Fsp3) is 0.286. The van der Waals surface area contributed by atoms with Gasteiger partial charge in [0.15, 0.2) is 0 Å². The van der Waals surface area contributed by atoms with Gasteiger partial charge < -0.3 is 10.6 Å². The third-order valence-electron chi connectivity index (χ3n) is 4.77. The van der Waals surface area contributed by atoms with Gasteiger partial charge in [-0.1, -0.05) is 11.6 Å². The topological polar surface area (TPSA) is 85.2 Å². The average molecular weight is 415 g/mol. The highest BCUT2D eigenvalue weighted by Crippen LogP contribution is 2.20. The van der Waals surface area contributed by atoms with Crippen LogP contribution in [0.15, 0.2) is 42.5 Å². The lowest BCUT2D eigenvalue weighted by atomic mass is 10.0. The van der Waals surface area contributed by atoms with E-state index in [2.05, 4.69) is 10.6 Å². The number of likely N-dealkylation sites (tertiary alicyclic amines) is 1. The second kappa shape index (κ2) is 9.50. The molecule has 150 valence electrons. The van der Waals surface area contributed by atoms with Crippen molar-refractivity contribution in [3.8, 4) is 6.07 Å². The van der Waals surface area contributed by atoms with Gasteiger partial charge in [-0.05, 0) is 55.3 Å². The van der Waals surface area contributed by atoms with Gasteiger partial charge in [-0.25, -0.2) is 4.39 Å². The minimum Gasteiger partial charge on any atom is -0.349 e. The number of anilines is 1. The molecule has 1 fully saturated rings. The maximum absolute atomic E-state index is 13.0. The third-order valence-corrected chi connectivity index (χ3v) is 5.08. The van der Waals surface area contributed by atoms with Gasteiger partial charge in [0, 0.05) is 30.4 Å². The molecule has 2 aromatic carbocycles. The molecule has 0 radical (unpaired) electrons. The van der Waals surface area contributed by atoms with Crippen LogP contribution in [-0.4, -0.2) is 42.4 Å². The number of nitrogens with zero attached hydrogens (tertiary/aromatic N) is 2. The molecule has 6 nitrogen and oxygen atoms in total. The summed E-state index contributed by atoms with van der Waals surface area (Å²) in [6.45, 7) is 1.59. The lowest BCUT2D eigenvalue weighted by Gasteiger charge is -2.31. The number of halogens is 2. The van der Waals surface area contributed by atoms with Crippen LogP contribution in [0.5, 0.6) is 0 Å². The monoisotopic (exact) mass is 414 g/mol. The highest BCUT2D eigenvalue weighted by Gasteiger charge is 2.22. The number of carbonyl (C=O) groups excluding carboxylic acids is 2. The normalized spacial score (nSPS) is 14.8. The molecule has 0 saturated carbocycles. The van der Waals surface area contributed by atoms with Crippen LogP contribution in [0.25, 0.3) is 0 Å². The van der Waals surface area contributed by atoms with Crippen LogP contribution in [0.3, 0.4) is 0 Å². The molecule has 0 bridgehead atoms. The van der Waals surface area contributed by atoms with Crippen LogP contribution in [0.4, 0.5) is 10.1 Å². The molecule has 2 amide bonds. The largest absolute Gasteiger partial charge is 0.349 e. The highest BCUT2D eigenvalue weighted by molar-refractivity contribution is 6.32. The van der Waals surface area contributed by atoms with E-state index in [0.717, 1.165) is 12.8 Å². The van der Waals surface area contributed by atoms with Crippen LogP contribution in [0, 0.1) is 17.1 Å². The molecule has 1 aliphatic heterocycles. The number of rotatable bonds is 5. The standard InChI is InChI=1S/C21H20ClFN4O2/c22-19-11-18(6-3-15(19)12-24)25-20(28)13-27-9-7-17(8-10-27)26-21(29)14-1-4-16(23)5-2-14/h1-6,11,17H,7-10,13H2,(H,25,28)(H,26,29). The molecule has 1 heterocycles. The number of nitriles is 1. The number of nitrogens with one attached hydrogen (secondary N) is 2. The quantitative estimate of drug-likeness (QED) is 0.786. The first-order chi connectivity index (χ1) is 13.9. The molecule has 8 heteroatoms. The van der Waals surface area contributed by atoms with E-state index in [1.54, 1.807) is 18.2 Å². The van der Waals surface area contributed by atoms with Crippen molar-refractivity contribution in [1.82, 2.24) is 10.2 Å². The van der Waals surface area contributed by atoms with E-state index in [0.29, 0.717) is 34.9 Å². The van der Waals surface area contributed by atoms with Crippen LogP contribution in [0.2, 0.25) is 5.02 Å². The van der Waals surface area contributed by atoms with Crippen molar-refractivity contribution in [3.63, 3.8) is 0 Å². The number of carbonyl (C=O) groups is 2. The minimum absolute atomic E-state index is 0.0178. The Morgan fingerprint density at radius 3 is 2.48 bits per heavy atom. The molecule has 0 atom stereocenters. The van der Waals surface area contributed by atoms with Crippen LogP contribution in [0.1, 0.15) is 28.8 Å². The van der Waals surface area contributed by atoms with Gasteiger partial charge in [0.05, 0.1) is 17.1 Å². The average Bonchev–Trinajstić information content (AvgIpc) is 2.70. The van der Waals surface area contributed by atoms with E-state index in [1.165, 1.54) is 24.3 Å². The molecule has 0 spiro atoms. The molecule has 3 rings (SSSR count). The zero-order valence-electron chi connectivity index (χ0n) is 15.6.